The molecule has 0 aliphatic carbocycles. The zero-order valence-electron chi connectivity index (χ0n) is 8.07. The first-order valence-corrected chi connectivity index (χ1v) is 5.19. The van der Waals surface area contributed by atoms with Gasteiger partial charge in [0.1, 0.15) is 0 Å². The summed E-state index contributed by atoms with van der Waals surface area (Å²) in [4.78, 5) is 11.2. The summed E-state index contributed by atoms with van der Waals surface area (Å²) < 4.78 is 11.1. The molecule has 0 radical (unpaired) electrons. The summed E-state index contributed by atoms with van der Waals surface area (Å²) in [5, 5.41) is 0. The van der Waals surface area contributed by atoms with Crippen LogP contribution in [-0.2, 0) is 20.1 Å². The van der Waals surface area contributed by atoms with E-state index in [9.17, 15) is 4.79 Å². The summed E-state index contributed by atoms with van der Waals surface area (Å²) in [6.45, 7) is 0. The SMILES string of the molecule is COC1(c2ccccc2)OC(=O)C=C1Br. The molecule has 1 aliphatic heterocycles. The number of halogens is 1. The van der Waals surface area contributed by atoms with Crippen molar-refractivity contribution in [2.75, 3.05) is 7.11 Å². The van der Waals surface area contributed by atoms with E-state index >= 15 is 0 Å². The zero-order chi connectivity index (χ0) is 10.9. The molecule has 0 N–H and O–H groups in total. The van der Waals surface area contributed by atoms with E-state index in [1.54, 1.807) is 0 Å². The fourth-order valence-electron chi connectivity index (χ4n) is 1.53. The lowest BCUT2D eigenvalue weighted by Crippen LogP contribution is -2.29. The van der Waals surface area contributed by atoms with E-state index in [1.165, 1.54) is 13.2 Å². The molecule has 4 heteroatoms. The highest BCUT2D eigenvalue weighted by atomic mass is 79.9. The van der Waals surface area contributed by atoms with E-state index in [0.717, 1.165) is 5.56 Å². The van der Waals surface area contributed by atoms with Crippen molar-refractivity contribution in [3.63, 3.8) is 0 Å². The molecule has 78 valence electrons. The van der Waals surface area contributed by atoms with Crippen LogP contribution < -0.4 is 0 Å². The van der Waals surface area contributed by atoms with Gasteiger partial charge in [0.2, 0.25) is 0 Å². The molecule has 0 spiro atoms. The predicted octanol–water partition coefficient (Wildman–Crippen LogP) is 2.32. The van der Waals surface area contributed by atoms with Crippen molar-refractivity contribution in [2.45, 2.75) is 5.79 Å². The molecule has 0 fully saturated rings. The number of cyclic esters (lactones) is 1. The normalized spacial score (nSPS) is 24.9. The van der Waals surface area contributed by atoms with Gasteiger partial charge in [0.15, 0.2) is 0 Å². The Labute approximate surface area is 95.8 Å². The first-order chi connectivity index (χ1) is 7.19. The van der Waals surface area contributed by atoms with E-state index < -0.39 is 11.8 Å². The summed E-state index contributed by atoms with van der Waals surface area (Å²) in [5.41, 5.74) is 0.779. The van der Waals surface area contributed by atoms with Crippen molar-refractivity contribution < 1.29 is 14.3 Å². The maximum Gasteiger partial charge on any atom is 0.334 e. The fourth-order valence-corrected chi connectivity index (χ4v) is 2.19. The van der Waals surface area contributed by atoms with Gasteiger partial charge >= 0.3 is 5.97 Å². The molecule has 1 heterocycles. The highest BCUT2D eigenvalue weighted by Crippen LogP contribution is 2.41. The molecule has 1 aromatic rings. The summed E-state index contributed by atoms with van der Waals surface area (Å²) in [6.07, 6.45) is 1.37. The number of methoxy groups -OCH3 is 1. The lowest BCUT2D eigenvalue weighted by molar-refractivity contribution is -0.194. The lowest BCUT2D eigenvalue weighted by Gasteiger charge is -2.27. The van der Waals surface area contributed by atoms with Crippen molar-refractivity contribution in [1.29, 1.82) is 0 Å². The molecule has 15 heavy (non-hydrogen) atoms. The Morgan fingerprint density at radius 2 is 2.00 bits per heavy atom. The average Bonchev–Trinajstić information content (AvgIpc) is 2.56. The standard InChI is InChI=1S/C11H9BrO3/c1-14-11(8-5-3-2-4-6-8)9(12)7-10(13)15-11/h2-7H,1H3. The van der Waals surface area contributed by atoms with Crippen LogP contribution in [0.4, 0.5) is 0 Å². The number of carbonyl (C=O) groups excluding carboxylic acids is 1. The van der Waals surface area contributed by atoms with Gasteiger partial charge in [0, 0.05) is 18.7 Å². The van der Waals surface area contributed by atoms with Gasteiger partial charge in [-0.3, -0.25) is 0 Å². The van der Waals surface area contributed by atoms with Crippen LogP contribution in [-0.4, -0.2) is 13.1 Å². The average molecular weight is 269 g/mol. The Morgan fingerprint density at radius 1 is 1.33 bits per heavy atom. The highest BCUT2D eigenvalue weighted by molar-refractivity contribution is 9.11. The van der Waals surface area contributed by atoms with Crippen molar-refractivity contribution in [3.05, 3.63) is 46.5 Å². The maximum atomic E-state index is 11.2. The summed E-state index contributed by atoms with van der Waals surface area (Å²) in [6, 6.07) is 9.31. The number of hydrogen-bond acceptors (Lipinski definition) is 3. The third-order valence-corrected chi connectivity index (χ3v) is 3.00. The molecule has 2 rings (SSSR count). The summed E-state index contributed by atoms with van der Waals surface area (Å²) >= 11 is 3.29. The van der Waals surface area contributed by atoms with Crippen LogP contribution in [0.3, 0.4) is 0 Å². The monoisotopic (exact) mass is 268 g/mol. The van der Waals surface area contributed by atoms with Crippen LogP contribution in [0.1, 0.15) is 5.56 Å². The van der Waals surface area contributed by atoms with Crippen molar-refractivity contribution in [3.8, 4) is 0 Å². The van der Waals surface area contributed by atoms with Crippen LogP contribution in [0.15, 0.2) is 40.9 Å². The van der Waals surface area contributed by atoms with Crippen molar-refractivity contribution >= 4 is 21.9 Å². The maximum absolute atomic E-state index is 11.2. The Bertz CT molecular complexity index is 413. The summed E-state index contributed by atoms with van der Waals surface area (Å²) in [7, 11) is 1.50. The number of ether oxygens (including phenoxy) is 2. The molecule has 1 aromatic carbocycles. The van der Waals surface area contributed by atoms with E-state index in [1.807, 2.05) is 30.3 Å². The van der Waals surface area contributed by atoms with Crippen LogP contribution in [0.5, 0.6) is 0 Å². The van der Waals surface area contributed by atoms with Gasteiger partial charge in [-0.25, -0.2) is 4.79 Å². The highest BCUT2D eigenvalue weighted by Gasteiger charge is 2.44. The minimum absolute atomic E-state index is 0.410. The third-order valence-electron chi connectivity index (χ3n) is 2.24. The van der Waals surface area contributed by atoms with Gasteiger partial charge in [-0.2, -0.15) is 0 Å². The number of benzene rings is 1. The number of carbonyl (C=O) groups is 1. The second-order valence-electron chi connectivity index (χ2n) is 3.10. The molecule has 0 amide bonds. The largest absolute Gasteiger partial charge is 0.420 e. The summed E-state index contributed by atoms with van der Waals surface area (Å²) in [5.74, 6) is -1.52. The van der Waals surface area contributed by atoms with Gasteiger partial charge in [-0.15, -0.1) is 0 Å². The fraction of sp³-hybridized carbons (Fsp3) is 0.182. The Kier molecular flexibility index (Phi) is 2.63. The molecule has 0 bridgehead atoms. The van der Waals surface area contributed by atoms with Gasteiger partial charge < -0.3 is 9.47 Å². The number of rotatable bonds is 2. The van der Waals surface area contributed by atoms with Crippen LogP contribution in [0.2, 0.25) is 0 Å². The Morgan fingerprint density at radius 3 is 2.47 bits per heavy atom. The minimum Gasteiger partial charge on any atom is -0.420 e. The lowest BCUT2D eigenvalue weighted by atomic mass is 10.1. The number of hydrogen-bond donors (Lipinski definition) is 0. The topological polar surface area (TPSA) is 35.5 Å². The first-order valence-electron chi connectivity index (χ1n) is 4.40. The first kappa shape index (κ1) is 10.4. The van der Waals surface area contributed by atoms with E-state index in [-0.39, 0.29) is 0 Å². The van der Waals surface area contributed by atoms with Gasteiger partial charge in [0.25, 0.3) is 5.79 Å². The van der Waals surface area contributed by atoms with Crippen LogP contribution in [0.25, 0.3) is 0 Å². The van der Waals surface area contributed by atoms with Gasteiger partial charge in [-0.05, 0) is 15.9 Å². The molecule has 1 aliphatic rings. The molecule has 1 unspecified atom stereocenters. The minimum atomic E-state index is -1.11. The van der Waals surface area contributed by atoms with Gasteiger partial charge in [-0.1, -0.05) is 30.3 Å². The smallest absolute Gasteiger partial charge is 0.334 e. The molecule has 0 saturated heterocycles. The molecule has 1 atom stereocenters. The van der Waals surface area contributed by atoms with Crippen molar-refractivity contribution in [1.82, 2.24) is 0 Å². The van der Waals surface area contributed by atoms with Crippen LogP contribution in [0, 0.1) is 0 Å². The van der Waals surface area contributed by atoms with Crippen LogP contribution >= 0.6 is 15.9 Å². The quantitative estimate of drug-likeness (QED) is 0.773. The predicted molar refractivity (Wildman–Crippen MR) is 58.2 cm³/mol. The molecule has 0 saturated carbocycles. The van der Waals surface area contributed by atoms with E-state index in [2.05, 4.69) is 15.9 Å². The third kappa shape index (κ3) is 1.60. The molecule has 3 nitrogen and oxygen atoms in total. The van der Waals surface area contributed by atoms with E-state index in [4.69, 9.17) is 9.47 Å². The zero-order valence-corrected chi connectivity index (χ0v) is 9.65. The molecule has 0 aromatic heterocycles. The Hall–Kier alpha value is -1.13. The molecular weight excluding hydrogens is 260 g/mol. The van der Waals surface area contributed by atoms with E-state index in [0.29, 0.717) is 4.48 Å². The second-order valence-corrected chi connectivity index (χ2v) is 3.95. The van der Waals surface area contributed by atoms with Gasteiger partial charge in [0.05, 0.1) is 4.48 Å². The second kappa shape index (κ2) is 3.79. The van der Waals surface area contributed by atoms with Crippen molar-refractivity contribution in [2.24, 2.45) is 0 Å². The Balaban J connectivity index is 2.49. The number of esters is 1. The molecular formula is C11H9BrO3.